The Labute approximate surface area is 171 Å². The SMILES string of the molecule is CN(C)CCCO/N=C1\c2ccccc2-c2nc3c(CN(C)C)cccc3nc21. The summed E-state index contributed by atoms with van der Waals surface area (Å²) in [5, 5.41) is 4.47. The Balaban J connectivity index is 1.75. The number of aromatic nitrogens is 2. The molecular formula is C23H27N5O. The van der Waals surface area contributed by atoms with Crippen LogP contribution in [-0.4, -0.2) is 66.8 Å². The van der Waals surface area contributed by atoms with E-state index in [1.807, 2.05) is 24.3 Å². The summed E-state index contributed by atoms with van der Waals surface area (Å²) in [6.45, 7) is 2.37. The van der Waals surface area contributed by atoms with E-state index in [9.17, 15) is 0 Å². The van der Waals surface area contributed by atoms with Gasteiger partial charge in [0.15, 0.2) is 0 Å². The molecule has 0 unspecified atom stereocenters. The second kappa shape index (κ2) is 8.27. The molecule has 0 fully saturated rings. The molecule has 6 nitrogen and oxygen atoms in total. The predicted molar refractivity (Wildman–Crippen MR) is 117 cm³/mol. The maximum atomic E-state index is 5.66. The molecule has 0 atom stereocenters. The van der Waals surface area contributed by atoms with Crippen LogP contribution in [0.1, 0.15) is 23.2 Å². The maximum absolute atomic E-state index is 5.66. The lowest BCUT2D eigenvalue weighted by Gasteiger charge is -2.12. The summed E-state index contributed by atoms with van der Waals surface area (Å²) in [5.74, 6) is 0. The van der Waals surface area contributed by atoms with Crippen LogP contribution < -0.4 is 0 Å². The monoisotopic (exact) mass is 389 g/mol. The summed E-state index contributed by atoms with van der Waals surface area (Å²) in [7, 11) is 8.24. The Morgan fingerprint density at radius 3 is 2.41 bits per heavy atom. The van der Waals surface area contributed by atoms with E-state index >= 15 is 0 Å². The van der Waals surface area contributed by atoms with Crippen LogP contribution in [0.25, 0.3) is 22.3 Å². The fourth-order valence-corrected chi connectivity index (χ4v) is 3.63. The first kappa shape index (κ1) is 19.5. The molecule has 29 heavy (non-hydrogen) atoms. The third-order valence-corrected chi connectivity index (χ3v) is 4.92. The molecule has 150 valence electrons. The van der Waals surface area contributed by atoms with Crippen LogP contribution in [0.5, 0.6) is 0 Å². The Hall–Kier alpha value is -2.83. The molecule has 4 rings (SSSR count). The van der Waals surface area contributed by atoms with E-state index in [1.165, 1.54) is 5.56 Å². The molecule has 0 spiro atoms. The smallest absolute Gasteiger partial charge is 0.138 e. The van der Waals surface area contributed by atoms with Gasteiger partial charge in [-0.3, -0.25) is 0 Å². The summed E-state index contributed by atoms with van der Waals surface area (Å²) in [4.78, 5) is 19.9. The third kappa shape index (κ3) is 3.99. The topological polar surface area (TPSA) is 53.9 Å². The molecule has 0 bridgehead atoms. The van der Waals surface area contributed by atoms with Crippen molar-refractivity contribution in [2.24, 2.45) is 5.16 Å². The average molecular weight is 390 g/mol. The van der Waals surface area contributed by atoms with E-state index in [0.29, 0.717) is 6.61 Å². The molecule has 1 aliphatic rings. The fourth-order valence-electron chi connectivity index (χ4n) is 3.63. The lowest BCUT2D eigenvalue weighted by atomic mass is 10.1. The molecule has 0 radical (unpaired) electrons. The minimum Gasteiger partial charge on any atom is -0.395 e. The third-order valence-electron chi connectivity index (χ3n) is 4.92. The van der Waals surface area contributed by atoms with Gasteiger partial charge in [-0.05, 0) is 46.2 Å². The Bertz CT molecular complexity index is 1060. The van der Waals surface area contributed by atoms with Gasteiger partial charge in [0.1, 0.15) is 18.0 Å². The molecule has 0 amide bonds. The highest BCUT2D eigenvalue weighted by atomic mass is 16.6. The van der Waals surface area contributed by atoms with Crippen molar-refractivity contribution in [3.05, 3.63) is 59.3 Å². The lowest BCUT2D eigenvalue weighted by molar-refractivity contribution is 0.135. The van der Waals surface area contributed by atoms with E-state index in [4.69, 9.17) is 14.8 Å². The van der Waals surface area contributed by atoms with Crippen molar-refractivity contribution in [2.45, 2.75) is 13.0 Å². The van der Waals surface area contributed by atoms with Crippen LogP contribution >= 0.6 is 0 Å². The highest BCUT2D eigenvalue weighted by molar-refractivity contribution is 6.23. The van der Waals surface area contributed by atoms with E-state index in [-0.39, 0.29) is 0 Å². The first-order valence-corrected chi connectivity index (χ1v) is 9.94. The van der Waals surface area contributed by atoms with Crippen LogP contribution in [0, 0.1) is 0 Å². The number of rotatable bonds is 7. The molecule has 0 aliphatic heterocycles. The van der Waals surface area contributed by atoms with Gasteiger partial charge in [-0.1, -0.05) is 41.6 Å². The molecule has 1 aromatic heterocycles. The number of hydrogen-bond donors (Lipinski definition) is 0. The van der Waals surface area contributed by atoms with Gasteiger partial charge in [0.2, 0.25) is 0 Å². The van der Waals surface area contributed by atoms with Crippen molar-refractivity contribution in [1.29, 1.82) is 0 Å². The Morgan fingerprint density at radius 2 is 1.66 bits per heavy atom. The van der Waals surface area contributed by atoms with E-state index < -0.39 is 0 Å². The van der Waals surface area contributed by atoms with Crippen molar-refractivity contribution in [2.75, 3.05) is 41.3 Å². The normalized spacial score (nSPS) is 14.1. The first-order chi connectivity index (χ1) is 14.0. The highest BCUT2D eigenvalue weighted by Crippen LogP contribution is 2.36. The van der Waals surface area contributed by atoms with E-state index in [2.05, 4.69) is 61.3 Å². The maximum Gasteiger partial charge on any atom is 0.138 e. The van der Waals surface area contributed by atoms with Crippen molar-refractivity contribution < 1.29 is 4.84 Å². The van der Waals surface area contributed by atoms with Gasteiger partial charge in [-0.2, -0.15) is 0 Å². The van der Waals surface area contributed by atoms with Crippen molar-refractivity contribution in [3.8, 4) is 11.3 Å². The van der Waals surface area contributed by atoms with Crippen molar-refractivity contribution >= 4 is 16.7 Å². The number of oxime groups is 1. The zero-order chi connectivity index (χ0) is 20.4. The predicted octanol–water partition coefficient (Wildman–Crippen LogP) is 3.39. The zero-order valence-corrected chi connectivity index (χ0v) is 17.5. The molecule has 1 heterocycles. The summed E-state index contributed by atoms with van der Waals surface area (Å²) >= 11 is 0. The lowest BCUT2D eigenvalue weighted by Crippen LogP contribution is -2.14. The number of nitrogens with zero attached hydrogens (tertiary/aromatic N) is 5. The average Bonchev–Trinajstić information content (AvgIpc) is 2.99. The number of fused-ring (bicyclic) bond motifs is 4. The molecule has 6 heteroatoms. The second-order valence-electron chi connectivity index (χ2n) is 7.92. The Morgan fingerprint density at radius 1 is 0.862 bits per heavy atom. The van der Waals surface area contributed by atoms with Crippen LogP contribution in [0.15, 0.2) is 47.6 Å². The summed E-state index contributed by atoms with van der Waals surface area (Å²) in [6.07, 6.45) is 0.926. The quantitative estimate of drug-likeness (QED) is 0.358. The number of benzene rings is 2. The van der Waals surface area contributed by atoms with Crippen LogP contribution in [0.4, 0.5) is 0 Å². The van der Waals surface area contributed by atoms with Crippen LogP contribution in [0.3, 0.4) is 0 Å². The van der Waals surface area contributed by atoms with Crippen LogP contribution in [-0.2, 0) is 11.4 Å². The molecule has 0 saturated carbocycles. The van der Waals surface area contributed by atoms with Crippen molar-refractivity contribution in [3.63, 3.8) is 0 Å². The molecule has 3 aromatic rings. The minimum atomic E-state index is 0.577. The first-order valence-electron chi connectivity index (χ1n) is 9.94. The number of para-hydroxylation sites is 1. The largest absolute Gasteiger partial charge is 0.395 e. The zero-order valence-electron chi connectivity index (χ0n) is 17.5. The van der Waals surface area contributed by atoms with Crippen molar-refractivity contribution in [1.82, 2.24) is 19.8 Å². The van der Waals surface area contributed by atoms with Gasteiger partial charge in [0.05, 0.1) is 16.7 Å². The second-order valence-corrected chi connectivity index (χ2v) is 7.92. The summed E-state index contributed by atoms with van der Waals surface area (Å²) < 4.78 is 0. The van der Waals surface area contributed by atoms with Gasteiger partial charge in [0.25, 0.3) is 0 Å². The molecule has 1 aliphatic carbocycles. The van der Waals surface area contributed by atoms with Crippen LogP contribution in [0.2, 0.25) is 0 Å². The summed E-state index contributed by atoms with van der Waals surface area (Å²) in [6, 6.07) is 14.4. The van der Waals surface area contributed by atoms with E-state index in [1.54, 1.807) is 0 Å². The minimum absolute atomic E-state index is 0.577. The van der Waals surface area contributed by atoms with Gasteiger partial charge in [-0.25, -0.2) is 9.97 Å². The van der Waals surface area contributed by atoms with Gasteiger partial charge in [-0.15, -0.1) is 0 Å². The molecule has 2 aromatic carbocycles. The Kier molecular flexibility index (Phi) is 5.56. The van der Waals surface area contributed by atoms with Gasteiger partial charge >= 0.3 is 0 Å². The summed E-state index contributed by atoms with van der Waals surface area (Å²) in [5.41, 5.74) is 7.55. The molecular weight excluding hydrogens is 362 g/mol. The van der Waals surface area contributed by atoms with Gasteiger partial charge in [0, 0.05) is 24.2 Å². The molecule has 0 N–H and O–H groups in total. The molecule has 0 saturated heterocycles. The standard InChI is InChI=1S/C23H27N5O/c1-27(2)13-8-14-29-26-22-18-11-6-5-10-17(18)21-23(22)24-19-12-7-9-16(15-28(3)4)20(19)25-21/h5-7,9-12H,8,13-15H2,1-4H3/b26-22+. The fraction of sp³-hybridized carbons (Fsp3) is 0.348. The highest BCUT2D eigenvalue weighted by Gasteiger charge is 2.29. The van der Waals surface area contributed by atoms with E-state index in [0.717, 1.165) is 58.8 Å². The van der Waals surface area contributed by atoms with Gasteiger partial charge < -0.3 is 14.6 Å². The number of hydrogen-bond acceptors (Lipinski definition) is 6.